The van der Waals surface area contributed by atoms with Crippen molar-refractivity contribution in [2.45, 2.75) is 5.41 Å². The molecule has 1 aliphatic carbocycles. The number of nitrogens with zero attached hydrogens (tertiary/aromatic N) is 1. The second-order valence-electron chi connectivity index (χ2n) is 11.3. The van der Waals surface area contributed by atoms with E-state index in [2.05, 4.69) is 168 Å². The Balaban J connectivity index is 1.58. The van der Waals surface area contributed by atoms with Crippen molar-refractivity contribution in [2.24, 2.45) is 0 Å². The molecule has 0 radical (unpaired) electrons. The number of aromatic nitrogens is 1. The van der Waals surface area contributed by atoms with Gasteiger partial charge >= 0.3 is 0 Å². The molecule has 7 aromatic carbocycles. The molecule has 1 heterocycles. The first-order valence-electron chi connectivity index (χ1n) is 14.6. The lowest BCUT2D eigenvalue weighted by Crippen LogP contribution is -2.28. The molecule has 0 amide bonds. The highest BCUT2D eigenvalue weighted by molar-refractivity contribution is 6.21. The van der Waals surface area contributed by atoms with Gasteiger partial charge in [-0.15, -0.1) is 0 Å². The van der Waals surface area contributed by atoms with Crippen molar-refractivity contribution in [3.05, 3.63) is 186 Å². The van der Waals surface area contributed by atoms with Crippen LogP contribution in [0.15, 0.2) is 164 Å². The summed E-state index contributed by atoms with van der Waals surface area (Å²) in [6, 6.07) is 60.2. The Hall–Kier alpha value is -5.40. The molecule has 42 heavy (non-hydrogen) atoms. The molecule has 1 aliphatic rings. The van der Waals surface area contributed by atoms with Gasteiger partial charge in [0.2, 0.25) is 0 Å². The van der Waals surface area contributed by atoms with E-state index in [-0.39, 0.29) is 0 Å². The summed E-state index contributed by atoms with van der Waals surface area (Å²) in [4.78, 5) is 0. The molecule has 8 aromatic rings. The molecule has 0 saturated heterocycles. The van der Waals surface area contributed by atoms with Crippen molar-refractivity contribution in [2.75, 3.05) is 0 Å². The minimum Gasteiger partial charge on any atom is -0.309 e. The Bertz CT molecular complexity index is 2240. The fourth-order valence-corrected chi connectivity index (χ4v) is 7.65. The van der Waals surface area contributed by atoms with E-state index >= 15 is 0 Å². The minimum atomic E-state index is -0.472. The van der Waals surface area contributed by atoms with Crippen LogP contribution >= 0.6 is 0 Å². The summed E-state index contributed by atoms with van der Waals surface area (Å²) in [7, 11) is 0. The maximum atomic E-state index is 2.48. The molecule has 0 spiro atoms. The van der Waals surface area contributed by atoms with E-state index < -0.39 is 5.41 Å². The van der Waals surface area contributed by atoms with Crippen LogP contribution in [0.2, 0.25) is 0 Å². The molecule has 0 N–H and O–H groups in total. The average Bonchev–Trinajstić information content (AvgIpc) is 3.57. The van der Waals surface area contributed by atoms with Gasteiger partial charge in [-0.05, 0) is 57.0 Å². The normalized spacial score (nSPS) is 13.4. The quantitative estimate of drug-likeness (QED) is 0.213. The van der Waals surface area contributed by atoms with Crippen LogP contribution < -0.4 is 0 Å². The van der Waals surface area contributed by atoms with Gasteiger partial charge in [0, 0.05) is 21.8 Å². The van der Waals surface area contributed by atoms with E-state index in [1.54, 1.807) is 0 Å². The van der Waals surface area contributed by atoms with Gasteiger partial charge in [-0.25, -0.2) is 0 Å². The molecule has 1 nitrogen and oxygen atoms in total. The van der Waals surface area contributed by atoms with Crippen molar-refractivity contribution in [1.82, 2.24) is 4.57 Å². The number of benzene rings is 7. The summed E-state index contributed by atoms with van der Waals surface area (Å²) in [6.07, 6.45) is 0. The second-order valence-corrected chi connectivity index (χ2v) is 11.3. The Labute approximate surface area is 244 Å². The maximum Gasteiger partial charge on any atom is 0.0720 e. The van der Waals surface area contributed by atoms with Gasteiger partial charge in [-0.1, -0.05) is 146 Å². The summed E-state index contributed by atoms with van der Waals surface area (Å²) in [5.41, 5.74) is 11.1. The monoisotopic (exact) mass is 533 g/mol. The number of hydrogen-bond donors (Lipinski definition) is 0. The molecular weight excluding hydrogens is 506 g/mol. The van der Waals surface area contributed by atoms with Gasteiger partial charge in [-0.2, -0.15) is 0 Å². The summed E-state index contributed by atoms with van der Waals surface area (Å²) >= 11 is 0. The van der Waals surface area contributed by atoms with E-state index in [4.69, 9.17) is 0 Å². The van der Waals surface area contributed by atoms with E-state index in [0.29, 0.717) is 0 Å². The van der Waals surface area contributed by atoms with Gasteiger partial charge in [0.1, 0.15) is 0 Å². The zero-order valence-electron chi connectivity index (χ0n) is 23.0. The summed E-state index contributed by atoms with van der Waals surface area (Å²) < 4.78 is 2.48. The highest BCUT2D eigenvalue weighted by atomic mass is 15.0. The van der Waals surface area contributed by atoms with Crippen LogP contribution in [-0.4, -0.2) is 4.57 Å². The Morgan fingerprint density at radius 1 is 0.429 bits per heavy atom. The van der Waals surface area contributed by atoms with Crippen LogP contribution in [0.25, 0.3) is 49.4 Å². The van der Waals surface area contributed by atoms with Crippen LogP contribution in [0.4, 0.5) is 0 Å². The molecule has 9 rings (SSSR count). The predicted molar refractivity (Wildman–Crippen MR) is 176 cm³/mol. The molecule has 0 aliphatic heterocycles. The van der Waals surface area contributed by atoms with Crippen molar-refractivity contribution >= 4 is 32.6 Å². The largest absolute Gasteiger partial charge is 0.309 e. The molecule has 1 aromatic heterocycles. The summed E-state index contributed by atoms with van der Waals surface area (Å²) in [5, 5.41) is 5.12. The van der Waals surface area contributed by atoms with Crippen LogP contribution in [0.3, 0.4) is 0 Å². The molecular formula is C41H27N. The third-order valence-corrected chi connectivity index (χ3v) is 9.24. The highest BCUT2D eigenvalue weighted by Gasteiger charge is 2.47. The van der Waals surface area contributed by atoms with Crippen molar-refractivity contribution in [3.8, 4) is 16.8 Å². The maximum absolute atomic E-state index is 2.48. The first-order valence-corrected chi connectivity index (χ1v) is 14.6. The second kappa shape index (κ2) is 8.80. The van der Waals surface area contributed by atoms with Gasteiger partial charge in [0.05, 0.1) is 16.4 Å². The SMILES string of the molecule is c1ccc(-n2c3ccccc3c3ccc4ccc5c(c4c32)C(c2ccccc2)(c2ccccc2)c2ccccc2-5)cc1. The first kappa shape index (κ1) is 23.3. The van der Waals surface area contributed by atoms with Gasteiger partial charge < -0.3 is 4.57 Å². The van der Waals surface area contributed by atoms with Crippen molar-refractivity contribution < 1.29 is 0 Å². The van der Waals surface area contributed by atoms with Gasteiger partial charge in [-0.3, -0.25) is 0 Å². The average molecular weight is 534 g/mol. The Morgan fingerprint density at radius 2 is 1.02 bits per heavy atom. The molecule has 196 valence electrons. The van der Waals surface area contributed by atoms with Crippen LogP contribution in [0, 0.1) is 0 Å². The van der Waals surface area contributed by atoms with Crippen LogP contribution in [-0.2, 0) is 5.41 Å². The number of rotatable bonds is 3. The lowest BCUT2D eigenvalue weighted by molar-refractivity contribution is 0.775. The van der Waals surface area contributed by atoms with E-state index in [0.717, 1.165) is 0 Å². The number of fused-ring (bicyclic) bond motifs is 9. The van der Waals surface area contributed by atoms with Gasteiger partial charge in [0.25, 0.3) is 0 Å². The van der Waals surface area contributed by atoms with Crippen LogP contribution in [0.5, 0.6) is 0 Å². The van der Waals surface area contributed by atoms with Crippen molar-refractivity contribution in [3.63, 3.8) is 0 Å². The lowest BCUT2D eigenvalue weighted by atomic mass is 9.66. The van der Waals surface area contributed by atoms with E-state index in [1.165, 1.54) is 71.6 Å². The number of para-hydroxylation sites is 2. The van der Waals surface area contributed by atoms with E-state index in [9.17, 15) is 0 Å². The van der Waals surface area contributed by atoms with Crippen LogP contribution in [0.1, 0.15) is 22.3 Å². The molecule has 0 unspecified atom stereocenters. The summed E-state index contributed by atoms with van der Waals surface area (Å²) in [6.45, 7) is 0. The highest BCUT2D eigenvalue weighted by Crippen LogP contribution is 2.59. The molecule has 0 saturated carbocycles. The standard InChI is InChI=1S/C41H27N/c1-4-14-29(15-5-1)41(30-16-6-2-7-17-30)36-22-12-10-20-32(36)34-26-24-28-25-27-35-33-21-11-13-23-37(33)42(31-18-8-3-9-19-31)40(35)38(28)39(34)41/h1-27H. The first-order chi connectivity index (χ1) is 20.9. The Morgan fingerprint density at radius 3 is 1.76 bits per heavy atom. The third-order valence-electron chi connectivity index (χ3n) is 9.24. The van der Waals surface area contributed by atoms with Gasteiger partial charge in [0.15, 0.2) is 0 Å². The zero-order valence-corrected chi connectivity index (χ0v) is 23.0. The molecule has 1 heteroatoms. The Kier molecular flexibility index (Phi) is 4.88. The number of hydrogen-bond acceptors (Lipinski definition) is 0. The smallest absolute Gasteiger partial charge is 0.0720 e. The third kappa shape index (κ3) is 2.97. The fourth-order valence-electron chi connectivity index (χ4n) is 7.65. The molecule has 0 fully saturated rings. The summed E-state index contributed by atoms with van der Waals surface area (Å²) in [5.74, 6) is 0. The van der Waals surface area contributed by atoms with E-state index in [1.807, 2.05) is 0 Å². The molecule has 0 atom stereocenters. The lowest BCUT2D eigenvalue weighted by Gasteiger charge is -2.35. The predicted octanol–water partition coefficient (Wildman–Crippen LogP) is 10.3. The fraction of sp³-hybridized carbons (Fsp3) is 0.0244. The minimum absolute atomic E-state index is 0.472. The molecule has 0 bridgehead atoms. The topological polar surface area (TPSA) is 4.93 Å². The zero-order chi connectivity index (χ0) is 27.7. The van der Waals surface area contributed by atoms with Crippen molar-refractivity contribution in [1.29, 1.82) is 0 Å².